The third-order valence-corrected chi connectivity index (χ3v) is 6.50. The first kappa shape index (κ1) is 21.3. The Morgan fingerprint density at radius 2 is 1.76 bits per heavy atom. The van der Waals surface area contributed by atoms with Crippen LogP contribution in [0.4, 0.5) is 0 Å². The van der Waals surface area contributed by atoms with Crippen molar-refractivity contribution in [2.75, 3.05) is 13.1 Å². The van der Waals surface area contributed by atoms with E-state index < -0.39 is 11.6 Å². The van der Waals surface area contributed by atoms with Gasteiger partial charge >= 0.3 is 0 Å². The van der Waals surface area contributed by atoms with E-state index in [1.54, 1.807) is 17.3 Å². The van der Waals surface area contributed by atoms with Crippen LogP contribution in [0.1, 0.15) is 24.4 Å². The van der Waals surface area contributed by atoms with Gasteiger partial charge in [0.2, 0.25) is 5.91 Å². The molecule has 1 aromatic carbocycles. The molecule has 168 valence electrons. The van der Waals surface area contributed by atoms with Gasteiger partial charge in [-0.05, 0) is 48.7 Å². The molecule has 0 aliphatic carbocycles. The highest BCUT2D eigenvalue weighted by atomic mass is 16.3. The number of hydrogen-bond acceptors (Lipinski definition) is 5. The number of fused-ring (bicyclic) bond motifs is 1. The SMILES string of the molecule is NC(C(=O)N1CCC(O)(Cn2ccc3nc(-c4ccncc4)ccc32)CC1)c1ccccc1. The largest absolute Gasteiger partial charge is 0.388 e. The lowest BCUT2D eigenvalue weighted by Gasteiger charge is -2.39. The van der Waals surface area contributed by atoms with Crippen LogP contribution in [0.15, 0.2) is 79.3 Å². The summed E-state index contributed by atoms with van der Waals surface area (Å²) < 4.78 is 2.05. The van der Waals surface area contributed by atoms with Crippen LogP contribution in [-0.2, 0) is 11.3 Å². The number of likely N-dealkylation sites (tertiary alicyclic amines) is 1. The van der Waals surface area contributed by atoms with Crippen molar-refractivity contribution in [1.82, 2.24) is 19.4 Å². The number of nitrogens with two attached hydrogens (primary N) is 1. The van der Waals surface area contributed by atoms with Crippen LogP contribution in [0.2, 0.25) is 0 Å². The minimum Gasteiger partial charge on any atom is -0.388 e. The molecule has 1 aliphatic heterocycles. The highest BCUT2D eigenvalue weighted by Gasteiger charge is 2.36. The highest BCUT2D eigenvalue weighted by molar-refractivity contribution is 5.83. The Labute approximate surface area is 192 Å². The molecule has 1 unspecified atom stereocenters. The Hall–Kier alpha value is -3.55. The van der Waals surface area contributed by atoms with E-state index in [0.717, 1.165) is 27.9 Å². The first-order valence-electron chi connectivity index (χ1n) is 11.2. The number of aromatic nitrogens is 3. The third-order valence-electron chi connectivity index (χ3n) is 6.50. The maximum atomic E-state index is 12.9. The number of hydrogen-bond donors (Lipinski definition) is 2. The molecule has 0 bridgehead atoms. The number of nitrogens with zero attached hydrogens (tertiary/aromatic N) is 4. The smallest absolute Gasteiger partial charge is 0.244 e. The summed E-state index contributed by atoms with van der Waals surface area (Å²) >= 11 is 0. The zero-order valence-corrected chi connectivity index (χ0v) is 18.3. The van der Waals surface area contributed by atoms with Crippen molar-refractivity contribution in [3.05, 3.63) is 84.8 Å². The van der Waals surface area contributed by atoms with Crippen molar-refractivity contribution < 1.29 is 9.90 Å². The number of piperidine rings is 1. The molecule has 0 radical (unpaired) electrons. The monoisotopic (exact) mass is 441 g/mol. The van der Waals surface area contributed by atoms with Crippen LogP contribution >= 0.6 is 0 Å². The fourth-order valence-corrected chi connectivity index (χ4v) is 4.51. The van der Waals surface area contributed by atoms with E-state index in [1.165, 1.54) is 0 Å². The number of pyridine rings is 2. The summed E-state index contributed by atoms with van der Waals surface area (Å²) in [6.45, 7) is 1.43. The van der Waals surface area contributed by atoms with E-state index in [9.17, 15) is 9.90 Å². The van der Waals surface area contributed by atoms with E-state index in [1.807, 2.05) is 71.4 Å². The molecule has 1 amide bonds. The minimum absolute atomic E-state index is 0.0949. The van der Waals surface area contributed by atoms with Crippen molar-refractivity contribution in [2.45, 2.75) is 31.0 Å². The molecule has 1 fully saturated rings. The zero-order valence-electron chi connectivity index (χ0n) is 18.3. The standard InChI is InChI=1S/C26H27N5O2/c27-24(20-4-2-1-3-5-20)25(32)30-16-11-26(33,12-17-30)18-31-15-10-22-23(31)7-6-21(29-22)19-8-13-28-14-9-19/h1-10,13-15,24,33H,11-12,16-18,27H2. The van der Waals surface area contributed by atoms with Gasteiger partial charge in [-0.25, -0.2) is 4.98 Å². The molecular formula is C26H27N5O2. The Morgan fingerprint density at radius 3 is 2.48 bits per heavy atom. The molecule has 7 heteroatoms. The molecule has 5 rings (SSSR count). The molecule has 4 heterocycles. The first-order chi connectivity index (χ1) is 16.0. The Kier molecular flexibility index (Phi) is 5.66. The normalized spacial score (nSPS) is 16.6. The predicted molar refractivity (Wildman–Crippen MR) is 127 cm³/mol. The highest BCUT2D eigenvalue weighted by Crippen LogP contribution is 2.28. The molecule has 7 nitrogen and oxygen atoms in total. The Morgan fingerprint density at radius 1 is 1.03 bits per heavy atom. The zero-order chi connectivity index (χ0) is 22.8. The molecule has 3 aromatic heterocycles. The molecule has 1 saturated heterocycles. The third kappa shape index (κ3) is 4.37. The lowest BCUT2D eigenvalue weighted by molar-refractivity contribution is -0.137. The number of amides is 1. The van der Waals surface area contributed by atoms with Gasteiger partial charge in [0.05, 0.1) is 28.9 Å². The summed E-state index contributed by atoms with van der Waals surface area (Å²) in [5.41, 5.74) is 9.89. The van der Waals surface area contributed by atoms with E-state index in [4.69, 9.17) is 10.7 Å². The van der Waals surface area contributed by atoms with Crippen LogP contribution in [-0.4, -0.2) is 49.1 Å². The molecule has 4 aromatic rings. The number of carbonyl (C=O) groups is 1. The van der Waals surface area contributed by atoms with Gasteiger partial charge < -0.3 is 20.3 Å². The van der Waals surface area contributed by atoms with Crippen LogP contribution < -0.4 is 5.73 Å². The van der Waals surface area contributed by atoms with Gasteiger partial charge in [-0.15, -0.1) is 0 Å². The quantitative estimate of drug-likeness (QED) is 0.496. The fourth-order valence-electron chi connectivity index (χ4n) is 4.51. The summed E-state index contributed by atoms with van der Waals surface area (Å²) in [7, 11) is 0. The van der Waals surface area contributed by atoms with Crippen molar-refractivity contribution in [2.24, 2.45) is 5.73 Å². The second kappa shape index (κ2) is 8.77. The molecule has 33 heavy (non-hydrogen) atoms. The molecule has 0 spiro atoms. The van der Waals surface area contributed by atoms with Gasteiger partial charge in [0.1, 0.15) is 6.04 Å². The predicted octanol–water partition coefficient (Wildman–Crippen LogP) is 3.15. The van der Waals surface area contributed by atoms with Crippen LogP contribution in [0.5, 0.6) is 0 Å². The van der Waals surface area contributed by atoms with E-state index in [2.05, 4.69) is 4.98 Å². The van der Waals surface area contributed by atoms with E-state index >= 15 is 0 Å². The van der Waals surface area contributed by atoms with Crippen molar-refractivity contribution >= 4 is 16.9 Å². The average molecular weight is 442 g/mol. The van der Waals surface area contributed by atoms with Gasteiger partial charge in [0, 0.05) is 37.2 Å². The molecule has 3 N–H and O–H groups in total. The van der Waals surface area contributed by atoms with Crippen molar-refractivity contribution in [3.8, 4) is 11.3 Å². The molecule has 0 saturated carbocycles. The van der Waals surface area contributed by atoms with Crippen LogP contribution in [0.25, 0.3) is 22.3 Å². The van der Waals surface area contributed by atoms with Crippen molar-refractivity contribution in [3.63, 3.8) is 0 Å². The number of rotatable bonds is 5. The van der Waals surface area contributed by atoms with Crippen LogP contribution in [0, 0.1) is 0 Å². The average Bonchev–Trinajstić information content (AvgIpc) is 3.26. The number of aliphatic hydroxyl groups is 1. The number of carbonyl (C=O) groups excluding carboxylic acids is 1. The van der Waals surface area contributed by atoms with Gasteiger partial charge in [0.25, 0.3) is 0 Å². The Bertz CT molecular complexity index is 1250. The lowest BCUT2D eigenvalue weighted by Crippen LogP contribution is -2.50. The maximum Gasteiger partial charge on any atom is 0.244 e. The van der Waals surface area contributed by atoms with Gasteiger partial charge in [-0.3, -0.25) is 9.78 Å². The van der Waals surface area contributed by atoms with E-state index in [0.29, 0.717) is 32.5 Å². The van der Waals surface area contributed by atoms with Gasteiger partial charge in [0.15, 0.2) is 0 Å². The summed E-state index contributed by atoms with van der Waals surface area (Å²) in [5, 5.41) is 11.3. The van der Waals surface area contributed by atoms with Crippen molar-refractivity contribution in [1.29, 1.82) is 0 Å². The fraction of sp³-hybridized carbons (Fsp3) is 0.269. The summed E-state index contributed by atoms with van der Waals surface area (Å²) in [4.78, 5) is 23.4. The molecule has 1 atom stereocenters. The summed E-state index contributed by atoms with van der Waals surface area (Å²) in [5.74, 6) is -0.0949. The summed E-state index contributed by atoms with van der Waals surface area (Å²) in [6, 6.07) is 18.6. The van der Waals surface area contributed by atoms with Gasteiger partial charge in [-0.2, -0.15) is 0 Å². The maximum absolute atomic E-state index is 12.9. The second-order valence-electron chi connectivity index (χ2n) is 8.72. The Balaban J connectivity index is 1.26. The summed E-state index contributed by atoms with van der Waals surface area (Å²) in [6.07, 6.45) is 6.48. The van der Waals surface area contributed by atoms with Crippen LogP contribution in [0.3, 0.4) is 0 Å². The number of benzene rings is 1. The van der Waals surface area contributed by atoms with Gasteiger partial charge in [-0.1, -0.05) is 30.3 Å². The topological polar surface area (TPSA) is 97.3 Å². The second-order valence-corrected chi connectivity index (χ2v) is 8.72. The minimum atomic E-state index is -0.886. The van der Waals surface area contributed by atoms with E-state index in [-0.39, 0.29) is 5.91 Å². The lowest BCUT2D eigenvalue weighted by atomic mass is 9.90. The molecule has 1 aliphatic rings. The molecular weight excluding hydrogens is 414 g/mol. The first-order valence-corrected chi connectivity index (χ1v) is 11.2.